The van der Waals surface area contributed by atoms with Gasteiger partial charge in [-0.1, -0.05) is 0 Å². The summed E-state index contributed by atoms with van der Waals surface area (Å²) in [5.41, 5.74) is 0.976. The van der Waals surface area contributed by atoms with E-state index in [2.05, 4.69) is 0 Å². The van der Waals surface area contributed by atoms with Crippen LogP contribution < -0.4 is 4.57 Å². The van der Waals surface area contributed by atoms with E-state index in [-0.39, 0.29) is 5.82 Å². The Bertz CT molecular complexity index is 443. The molecule has 0 N–H and O–H groups in total. The molecule has 14 heavy (non-hydrogen) atoms. The minimum Gasteiger partial charge on any atom is -0.237 e. The Kier molecular flexibility index (Phi) is 2.08. The van der Waals surface area contributed by atoms with Crippen molar-refractivity contribution < 1.29 is 8.96 Å². The SMILES string of the molecule is Cc1n(-c2ccc(F)cc2)cc[n+]1C. The van der Waals surface area contributed by atoms with Crippen molar-refractivity contribution in [3.63, 3.8) is 0 Å². The first-order valence-corrected chi connectivity index (χ1v) is 4.48. The zero-order chi connectivity index (χ0) is 10.1. The first kappa shape index (κ1) is 8.94. The molecule has 0 amide bonds. The molecule has 0 atom stereocenters. The fourth-order valence-electron chi connectivity index (χ4n) is 1.43. The Hall–Kier alpha value is -1.64. The molecule has 0 saturated heterocycles. The van der Waals surface area contributed by atoms with Gasteiger partial charge in [-0.25, -0.2) is 13.5 Å². The molecule has 0 aliphatic heterocycles. The Labute approximate surface area is 82.2 Å². The first-order valence-electron chi connectivity index (χ1n) is 4.48. The monoisotopic (exact) mass is 191 g/mol. The topological polar surface area (TPSA) is 8.81 Å². The van der Waals surface area contributed by atoms with Crippen LogP contribution in [0.2, 0.25) is 0 Å². The predicted molar refractivity (Wildman–Crippen MR) is 51.6 cm³/mol. The summed E-state index contributed by atoms with van der Waals surface area (Å²) in [6.45, 7) is 2.02. The lowest BCUT2D eigenvalue weighted by Crippen LogP contribution is -2.29. The number of benzene rings is 1. The molecule has 2 nitrogen and oxygen atoms in total. The fraction of sp³-hybridized carbons (Fsp3) is 0.182. The minimum atomic E-state index is -0.206. The quantitative estimate of drug-likeness (QED) is 0.607. The van der Waals surface area contributed by atoms with E-state index < -0.39 is 0 Å². The van der Waals surface area contributed by atoms with E-state index in [1.165, 1.54) is 12.1 Å². The highest BCUT2D eigenvalue weighted by molar-refractivity contribution is 5.32. The molecular weight excluding hydrogens is 179 g/mol. The predicted octanol–water partition coefficient (Wildman–Crippen LogP) is 1.75. The lowest BCUT2D eigenvalue weighted by Gasteiger charge is -1.97. The van der Waals surface area contributed by atoms with Crippen LogP contribution >= 0.6 is 0 Å². The van der Waals surface area contributed by atoms with Crippen LogP contribution in [0.5, 0.6) is 0 Å². The zero-order valence-electron chi connectivity index (χ0n) is 8.24. The van der Waals surface area contributed by atoms with E-state index >= 15 is 0 Å². The van der Waals surface area contributed by atoms with Crippen LogP contribution in [0.4, 0.5) is 4.39 Å². The molecule has 1 aromatic heterocycles. The van der Waals surface area contributed by atoms with Crippen LogP contribution in [-0.4, -0.2) is 4.57 Å². The maximum absolute atomic E-state index is 12.7. The van der Waals surface area contributed by atoms with Crippen molar-refractivity contribution >= 4 is 0 Å². The second-order valence-electron chi connectivity index (χ2n) is 3.30. The van der Waals surface area contributed by atoms with E-state index in [0.717, 1.165) is 11.5 Å². The number of hydrogen-bond donors (Lipinski definition) is 0. The standard InChI is InChI=1S/C11H12FN2/c1-9-13(2)7-8-14(9)11-5-3-10(12)4-6-11/h3-8H,1-2H3/q+1. The van der Waals surface area contributed by atoms with Crippen molar-refractivity contribution in [2.45, 2.75) is 6.92 Å². The summed E-state index contributed by atoms with van der Waals surface area (Å²) in [6.07, 6.45) is 3.93. The number of aryl methyl sites for hydroxylation is 1. The van der Waals surface area contributed by atoms with Gasteiger partial charge in [-0.05, 0) is 24.3 Å². The molecule has 1 heterocycles. The van der Waals surface area contributed by atoms with Crippen LogP contribution in [-0.2, 0) is 7.05 Å². The van der Waals surface area contributed by atoms with Gasteiger partial charge in [0.2, 0.25) is 0 Å². The lowest BCUT2D eigenvalue weighted by molar-refractivity contribution is -0.677. The summed E-state index contributed by atoms with van der Waals surface area (Å²) in [5.74, 6) is 0.902. The number of halogens is 1. The van der Waals surface area contributed by atoms with Crippen molar-refractivity contribution in [3.8, 4) is 5.69 Å². The molecular formula is C11H12FN2+. The zero-order valence-corrected chi connectivity index (χ0v) is 8.24. The van der Waals surface area contributed by atoms with Crippen molar-refractivity contribution in [2.24, 2.45) is 7.05 Å². The first-order chi connectivity index (χ1) is 6.68. The van der Waals surface area contributed by atoms with Crippen molar-refractivity contribution in [3.05, 3.63) is 48.3 Å². The highest BCUT2D eigenvalue weighted by Gasteiger charge is 2.10. The van der Waals surface area contributed by atoms with Crippen LogP contribution in [0.25, 0.3) is 5.69 Å². The molecule has 2 rings (SSSR count). The highest BCUT2D eigenvalue weighted by Crippen LogP contribution is 2.09. The van der Waals surface area contributed by atoms with Crippen molar-refractivity contribution in [1.82, 2.24) is 4.57 Å². The van der Waals surface area contributed by atoms with Gasteiger partial charge in [-0.3, -0.25) is 0 Å². The van der Waals surface area contributed by atoms with Gasteiger partial charge >= 0.3 is 0 Å². The maximum Gasteiger partial charge on any atom is 0.258 e. The number of hydrogen-bond acceptors (Lipinski definition) is 0. The van der Waals surface area contributed by atoms with Gasteiger partial charge in [0, 0.05) is 6.92 Å². The average molecular weight is 191 g/mol. The van der Waals surface area contributed by atoms with E-state index in [1.807, 2.05) is 35.5 Å². The Morgan fingerprint density at radius 2 is 1.86 bits per heavy atom. The largest absolute Gasteiger partial charge is 0.258 e. The van der Waals surface area contributed by atoms with E-state index in [9.17, 15) is 4.39 Å². The molecule has 0 spiro atoms. The molecule has 3 heteroatoms. The van der Waals surface area contributed by atoms with Gasteiger partial charge in [0.05, 0.1) is 7.05 Å². The molecule has 0 fully saturated rings. The minimum absolute atomic E-state index is 0.206. The molecule has 2 aromatic rings. The summed E-state index contributed by atoms with van der Waals surface area (Å²) in [5, 5.41) is 0. The highest BCUT2D eigenvalue weighted by atomic mass is 19.1. The van der Waals surface area contributed by atoms with Crippen LogP contribution in [0, 0.1) is 12.7 Å². The lowest BCUT2D eigenvalue weighted by atomic mass is 10.3. The second kappa shape index (κ2) is 3.25. The number of nitrogens with zero attached hydrogens (tertiary/aromatic N) is 2. The molecule has 0 aliphatic carbocycles. The molecule has 0 saturated carbocycles. The summed E-state index contributed by atoms with van der Waals surface area (Å²) < 4.78 is 16.7. The number of aromatic nitrogens is 2. The second-order valence-corrected chi connectivity index (χ2v) is 3.30. The normalized spacial score (nSPS) is 10.5. The molecule has 72 valence electrons. The summed E-state index contributed by atoms with van der Waals surface area (Å²) in [4.78, 5) is 0. The van der Waals surface area contributed by atoms with E-state index in [0.29, 0.717) is 0 Å². The molecule has 0 radical (unpaired) electrons. The summed E-state index contributed by atoms with van der Waals surface area (Å²) in [6, 6.07) is 6.47. The maximum atomic E-state index is 12.7. The fourth-order valence-corrected chi connectivity index (χ4v) is 1.43. The third kappa shape index (κ3) is 1.41. The van der Waals surface area contributed by atoms with Gasteiger partial charge in [-0.15, -0.1) is 0 Å². The summed E-state index contributed by atoms with van der Waals surface area (Å²) >= 11 is 0. The Morgan fingerprint density at radius 1 is 1.21 bits per heavy atom. The Balaban J connectivity index is 2.49. The molecule has 0 aliphatic rings. The number of imidazole rings is 1. The molecule has 0 unspecified atom stereocenters. The Morgan fingerprint density at radius 3 is 2.36 bits per heavy atom. The van der Waals surface area contributed by atoms with Gasteiger partial charge < -0.3 is 0 Å². The number of rotatable bonds is 1. The summed E-state index contributed by atoms with van der Waals surface area (Å²) in [7, 11) is 1.98. The van der Waals surface area contributed by atoms with Crippen LogP contribution in [0.1, 0.15) is 5.82 Å². The van der Waals surface area contributed by atoms with Gasteiger partial charge in [0.25, 0.3) is 5.82 Å². The van der Waals surface area contributed by atoms with Crippen LogP contribution in [0.15, 0.2) is 36.7 Å². The van der Waals surface area contributed by atoms with E-state index in [1.54, 1.807) is 12.1 Å². The van der Waals surface area contributed by atoms with Gasteiger partial charge in [0.1, 0.15) is 23.9 Å². The molecule has 1 aromatic carbocycles. The third-order valence-electron chi connectivity index (χ3n) is 2.40. The van der Waals surface area contributed by atoms with Crippen molar-refractivity contribution in [1.29, 1.82) is 0 Å². The third-order valence-corrected chi connectivity index (χ3v) is 2.40. The smallest absolute Gasteiger partial charge is 0.237 e. The van der Waals surface area contributed by atoms with Gasteiger partial charge in [0.15, 0.2) is 0 Å². The van der Waals surface area contributed by atoms with E-state index in [4.69, 9.17) is 0 Å². The van der Waals surface area contributed by atoms with Crippen molar-refractivity contribution in [2.75, 3.05) is 0 Å². The average Bonchev–Trinajstić information content (AvgIpc) is 2.50. The molecule has 0 bridgehead atoms. The van der Waals surface area contributed by atoms with Crippen LogP contribution in [0.3, 0.4) is 0 Å². The van der Waals surface area contributed by atoms with Gasteiger partial charge in [-0.2, -0.15) is 0 Å².